The topological polar surface area (TPSA) is 32.8 Å². The molecule has 2 heterocycles. The summed E-state index contributed by atoms with van der Waals surface area (Å²) in [6.45, 7) is 7.84. The first kappa shape index (κ1) is 16.3. The summed E-state index contributed by atoms with van der Waals surface area (Å²) in [5, 5.41) is 0. The van der Waals surface area contributed by atoms with Crippen molar-refractivity contribution in [1.29, 1.82) is 0 Å². The molecule has 2 unspecified atom stereocenters. The quantitative estimate of drug-likeness (QED) is 0.859. The molecule has 2 aliphatic rings. The van der Waals surface area contributed by atoms with Crippen LogP contribution in [0.3, 0.4) is 0 Å². The zero-order valence-corrected chi connectivity index (χ0v) is 14.3. The maximum atomic E-state index is 12.7. The van der Waals surface area contributed by atoms with Gasteiger partial charge in [0.1, 0.15) is 0 Å². The van der Waals surface area contributed by atoms with Crippen LogP contribution in [0.5, 0.6) is 0 Å². The number of hydrogen-bond acceptors (Lipinski definition) is 3. The number of hydrogen-bond donors (Lipinski definition) is 0. The summed E-state index contributed by atoms with van der Waals surface area (Å²) < 4.78 is 5.39. The lowest BCUT2D eigenvalue weighted by Gasteiger charge is -2.39. The fourth-order valence-electron chi connectivity index (χ4n) is 3.82. The zero-order chi connectivity index (χ0) is 16.2. The molecule has 0 bridgehead atoms. The van der Waals surface area contributed by atoms with E-state index in [0.717, 1.165) is 44.7 Å². The Morgan fingerprint density at radius 1 is 1.09 bits per heavy atom. The summed E-state index contributed by atoms with van der Waals surface area (Å²) in [6, 6.07) is 9.22. The molecule has 2 aliphatic heterocycles. The van der Waals surface area contributed by atoms with Gasteiger partial charge < -0.3 is 14.5 Å². The number of anilines is 1. The van der Waals surface area contributed by atoms with E-state index in [4.69, 9.17) is 4.74 Å². The van der Waals surface area contributed by atoms with E-state index in [1.54, 1.807) is 0 Å². The van der Waals surface area contributed by atoms with Gasteiger partial charge >= 0.3 is 0 Å². The van der Waals surface area contributed by atoms with Crippen LogP contribution in [-0.4, -0.2) is 49.2 Å². The molecular weight excluding hydrogens is 288 g/mol. The van der Waals surface area contributed by atoms with E-state index >= 15 is 0 Å². The van der Waals surface area contributed by atoms with Gasteiger partial charge in [-0.15, -0.1) is 0 Å². The van der Waals surface area contributed by atoms with Gasteiger partial charge in [0.2, 0.25) is 5.91 Å². The summed E-state index contributed by atoms with van der Waals surface area (Å²) >= 11 is 0. The van der Waals surface area contributed by atoms with Gasteiger partial charge in [0.15, 0.2) is 0 Å². The van der Waals surface area contributed by atoms with Crippen molar-refractivity contribution in [3.8, 4) is 0 Å². The van der Waals surface area contributed by atoms with E-state index in [2.05, 4.69) is 47.9 Å². The summed E-state index contributed by atoms with van der Waals surface area (Å²) in [5.41, 5.74) is 2.33. The van der Waals surface area contributed by atoms with Crippen LogP contribution in [0, 0.1) is 0 Å². The second kappa shape index (κ2) is 7.35. The second-order valence-electron chi connectivity index (χ2n) is 6.87. The predicted octanol–water partition coefficient (Wildman–Crippen LogP) is 2.86. The van der Waals surface area contributed by atoms with Crippen molar-refractivity contribution < 1.29 is 9.53 Å². The average molecular weight is 316 g/mol. The molecule has 1 aromatic rings. The van der Waals surface area contributed by atoms with Gasteiger partial charge in [-0.1, -0.05) is 12.1 Å². The molecule has 2 saturated heterocycles. The first-order chi connectivity index (χ1) is 11.1. The monoisotopic (exact) mass is 316 g/mol. The van der Waals surface area contributed by atoms with Crippen molar-refractivity contribution in [2.24, 2.45) is 0 Å². The number of amides is 1. The SMILES string of the molecule is CC1CCCC(C)N1C(=O)Cc1ccc(N2CCOCC2)cc1. The van der Waals surface area contributed by atoms with Crippen LogP contribution in [0.2, 0.25) is 0 Å². The van der Waals surface area contributed by atoms with Crippen LogP contribution in [0.25, 0.3) is 0 Å². The maximum absolute atomic E-state index is 12.7. The smallest absolute Gasteiger partial charge is 0.227 e. The number of morpholine rings is 1. The highest BCUT2D eigenvalue weighted by atomic mass is 16.5. The van der Waals surface area contributed by atoms with Crippen molar-refractivity contribution >= 4 is 11.6 Å². The summed E-state index contributed by atoms with van der Waals surface area (Å²) in [6.07, 6.45) is 4.01. The van der Waals surface area contributed by atoms with Gasteiger partial charge in [0.05, 0.1) is 19.6 Å². The van der Waals surface area contributed by atoms with Crippen molar-refractivity contribution in [2.45, 2.75) is 51.6 Å². The Hall–Kier alpha value is -1.55. The van der Waals surface area contributed by atoms with Crippen LogP contribution in [0.1, 0.15) is 38.7 Å². The molecule has 0 aliphatic carbocycles. The van der Waals surface area contributed by atoms with Gasteiger partial charge in [-0.3, -0.25) is 4.79 Å². The Morgan fingerprint density at radius 2 is 1.70 bits per heavy atom. The van der Waals surface area contributed by atoms with Crippen LogP contribution in [-0.2, 0) is 16.0 Å². The zero-order valence-electron chi connectivity index (χ0n) is 14.3. The van der Waals surface area contributed by atoms with E-state index in [1.165, 1.54) is 12.1 Å². The first-order valence-electron chi connectivity index (χ1n) is 8.88. The minimum absolute atomic E-state index is 0.267. The number of likely N-dealkylation sites (tertiary alicyclic amines) is 1. The third kappa shape index (κ3) is 3.86. The Kier molecular flexibility index (Phi) is 5.21. The van der Waals surface area contributed by atoms with E-state index in [1.807, 2.05) is 0 Å². The summed E-state index contributed by atoms with van der Waals surface area (Å²) in [4.78, 5) is 17.1. The molecule has 3 rings (SSSR count). The molecule has 0 spiro atoms. The lowest BCUT2D eigenvalue weighted by atomic mass is 9.96. The number of rotatable bonds is 3. The molecule has 1 aromatic carbocycles. The highest BCUT2D eigenvalue weighted by Gasteiger charge is 2.28. The Balaban J connectivity index is 1.62. The van der Waals surface area contributed by atoms with Gasteiger partial charge in [-0.25, -0.2) is 0 Å². The van der Waals surface area contributed by atoms with Crippen LogP contribution < -0.4 is 4.90 Å². The Labute approximate surface area is 139 Å². The number of ether oxygens (including phenoxy) is 1. The highest BCUT2D eigenvalue weighted by molar-refractivity contribution is 5.79. The third-order valence-electron chi connectivity index (χ3n) is 5.15. The van der Waals surface area contributed by atoms with Crippen LogP contribution in [0.4, 0.5) is 5.69 Å². The molecule has 2 fully saturated rings. The number of carbonyl (C=O) groups excluding carboxylic acids is 1. The number of carbonyl (C=O) groups is 1. The minimum atomic E-state index is 0.267. The summed E-state index contributed by atoms with van der Waals surface area (Å²) in [5.74, 6) is 0.267. The van der Waals surface area contributed by atoms with Crippen LogP contribution in [0.15, 0.2) is 24.3 Å². The lowest BCUT2D eigenvalue weighted by Crippen LogP contribution is -2.48. The van der Waals surface area contributed by atoms with Crippen molar-refractivity contribution in [3.05, 3.63) is 29.8 Å². The highest BCUT2D eigenvalue weighted by Crippen LogP contribution is 2.24. The average Bonchev–Trinajstić information content (AvgIpc) is 2.56. The Morgan fingerprint density at radius 3 is 2.30 bits per heavy atom. The molecule has 2 atom stereocenters. The van der Waals surface area contributed by atoms with E-state index in [-0.39, 0.29) is 5.91 Å². The summed E-state index contributed by atoms with van der Waals surface area (Å²) in [7, 11) is 0. The van der Waals surface area contributed by atoms with Gasteiger partial charge in [-0.05, 0) is 50.8 Å². The van der Waals surface area contributed by atoms with Gasteiger partial charge in [0, 0.05) is 30.9 Å². The van der Waals surface area contributed by atoms with E-state index in [9.17, 15) is 4.79 Å². The lowest BCUT2D eigenvalue weighted by molar-refractivity contribution is -0.136. The first-order valence-corrected chi connectivity index (χ1v) is 8.88. The Bertz CT molecular complexity index is 513. The molecule has 0 N–H and O–H groups in total. The molecule has 4 heteroatoms. The standard InChI is InChI=1S/C19H28N2O2/c1-15-4-3-5-16(2)21(15)19(22)14-17-6-8-18(9-7-17)20-10-12-23-13-11-20/h6-9,15-16H,3-5,10-14H2,1-2H3. The van der Waals surface area contributed by atoms with E-state index in [0.29, 0.717) is 18.5 Å². The fourth-order valence-corrected chi connectivity index (χ4v) is 3.82. The molecule has 0 saturated carbocycles. The van der Waals surface area contributed by atoms with Gasteiger partial charge in [-0.2, -0.15) is 0 Å². The van der Waals surface area contributed by atoms with Crippen molar-refractivity contribution in [2.75, 3.05) is 31.2 Å². The molecule has 0 radical (unpaired) electrons. The molecule has 1 amide bonds. The number of nitrogens with zero attached hydrogens (tertiary/aromatic N) is 2. The van der Waals surface area contributed by atoms with E-state index < -0.39 is 0 Å². The number of piperidine rings is 1. The molecule has 23 heavy (non-hydrogen) atoms. The van der Waals surface area contributed by atoms with Crippen molar-refractivity contribution in [3.63, 3.8) is 0 Å². The largest absolute Gasteiger partial charge is 0.378 e. The molecule has 4 nitrogen and oxygen atoms in total. The van der Waals surface area contributed by atoms with Gasteiger partial charge in [0.25, 0.3) is 0 Å². The molecule has 0 aromatic heterocycles. The van der Waals surface area contributed by atoms with Crippen LogP contribution >= 0.6 is 0 Å². The molecule has 126 valence electrons. The number of benzene rings is 1. The second-order valence-corrected chi connectivity index (χ2v) is 6.87. The third-order valence-corrected chi connectivity index (χ3v) is 5.15. The molecular formula is C19H28N2O2. The predicted molar refractivity (Wildman–Crippen MR) is 92.8 cm³/mol. The minimum Gasteiger partial charge on any atom is -0.378 e. The normalized spacial score (nSPS) is 25.5. The fraction of sp³-hybridized carbons (Fsp3) is 0.632. The van der Waals surface area contributed by atoms with Crippen molar-refractivity contribution in [1.82, 2.24) is 4.90 Å². The maximum Gasteiger partial charge on any atom is 0.227 e.